The van der Waals surface area contributed by atoms with Gasteiger partial charge in [-0.25, -0.2) is 0 Å². The van der Waals surface area contributed by atoms with E-state index in [-0.39, 0.29) is 17.2 Å². The number of likely N-dealkylation sites (tertiary alicyclic amines) is 1. The molecule has 2 rings (SSSR count). The molecular formula is C17H29NO3. The fourth-order valence-electron chi connectivity index (χ4n) is 3.85. The Hall–Kier alpha value is -1.06. The minimum atomic E-state index is -0.759. The number of carbonyl (C=O) groups is 2. The van der Waals surface area contributed by atoms with Crippen LogP contribution in [-0.2, 0) is 9.59 Å². The highest BCUT2D eigenvalue weighted by molar-refractivity contribution is 5.82. The summed E-state index contributed by atoms with van der Waals surface area (Å²) in [5.41, 5.74) is -0.972. The molecule has 2 fully saturated rings. The summed E-state index contributed by atoms with van der Waals surface area (Å²) in [6.45, 7) is 7.07. The molecular weight excluding hydrogens is 266 g/mol. The Labute approximate surface area is 127 Å². The molecule has 4 heteroatoms. The Kier molecular flexibility index (Phi) is 4.64. The first-order chi connectivity index (χ1) is 9.77. The van der Waals surface area contributed by atoms with Gasteiger partial charge in [0.15, 0.2) is 0 Å². The molecule has 0 aromatic heterocycles. The van der Waals surface area contributed by atoms with Gasteiger partial charge in [0.25, 0.3) is 0 Å². The molecule has 21 heavy (non-hydrogen) atoms. The quantitative estimate of drug-likeness (QED) is 0.869. The van der Waals surface area contributed by atoms with Crippen LogP contribution >= 0.6 is 0 Å². The fraction of sp³-hybridized carbons (Fsp3) is 0.882. The van der Waals surface area contributed by atoms with Crippen molar-refractivity contribution in [1.82, 2.24) is 4.90 Å². The van der Waals surface area contributed by atoms with E-state index in [4.69, 9.17) is 0 Å². The van der Waals surface area contributed by atoms with Gasteiger partial charge in [0, 0.05) is 18.5 Å². The van der Waals surface area contributed by atoms with Crippen LogP contribution < -0.4 is 0 Å². The summed E-state index contributed by atoms with van der Waals surface area (Å²) < 4.78 is 0. The Morgan fingerprint density at radius 1 is 1.14 bits per heavy atom. The highest BCUT2D eigenvalue weighted by Crippen LogP contribution is 2.40. The molecule has 1 atom stereocenters. The van der Waals surface area contributed by atoms with Gasteiger partial charge in [-0.15, -0.1) is 0 Å². The molecule has 1 saturated carbocycles. The van der Waals surface area contributed by atoms with Gasteiger partial charge >= 0.3 is 5.97 Å². The third-order valence-corrected chi connectivity index (χ3v) is 5.75. The van der Waals surface area contributed by atoms with Crippen LogP contribution in [0.2, 0.25) is 0 Å². The normalized spacial score (nSPS) is 26.4. The number of aliphatic carboxylic acids is 1. The number of hydrogen-bond donors (Lipinski definition) is 1. The van der Waals surface area contributed by atoms with Crippen molar-refractivity contribution >= 4 is 11.9 Å². The molecule has 0 aromatic carbocycles. The second-order valence-corrected chi connectivity index (χ2v) is 7.74. The van der Waals surface area contributed by atoms with Gasteiger partial charge in [-0.05, 0) is 45.4 Å². The minimum Gasteiger partial charge on any atom is -0.481 e. The topological polar surface area (TPSA) is 57.6 Å². The standard InChI is InChI=1S/C17H29NO3/c1-16(2,15(20)21)13-8-7-11-18(12-13)14(19)17(3)9-5-4-6-10-17/h13H,4-12H2,1-3H3,(H,20,21). The third kappa shape index (κ3) is 3.24. The molecule has 0 radical (unpaired) electrons. The molecule has 4 nitrogen and oxygen atoms in total. The highest BCUT2D eigenvalue weighted by atomic mass is 16.4. The van der Waals surface area contributed by atoms with Crippen molar-refractivity contribution in [2.75, 3.05) is 13.1 Å². The summed E-state index contributed by atoms with van der Waals surface area (Å²) in [6.07, 6.45) is 7.30. The van der Waals surface area contributed by atoms with Crippen LogP contribution in [0.3, 0.4) is 0 Å². The molecule has 1 N–H and O–H groups in total. The van der Waals surface area contributed by atoms with Gasteiger partial charge in [-0.2, -0.15) is 0 Å². The molecule has 0 spiro atoms. The van der Waals surface area contributed by atoms with Crippen LogP contribution in [0.1, 0.15) is 65.7 Å². The molecule has 2 aliphatic rings. The van der Waals surface area contributed by atoms with Crippen LogP contribution in [0.5, 0.6) is 0 Å². The molecule has 1 saturated heterocycles. The average molecular weight is 295 g/mol. The van der Waals surface area contributed by atoms with Crippen molar-refractivity contribution in [2.45, 2.75) is 65.7 Å². The fourth-order valence-corrected chi connectivity index (χ4v) is 3.85. The first-order valence-corrected chi connectivity index (χ1v) is 8.30. The Morgan fingerprint density at radius 2 is 1.76 bits per heavy atom. The second kappa shape index (κ2) is 5.98. The molecule has 1 heterocycles. The number of nitrogens with zero attached hydrogens (tertiary/aromatic N) is 1. The lowest BCUT2D eigenvalue weighted by Crippen LogP contribution is -2.51. The number of rotatable bonds is 3. The maximum atomic E-state index is 12.9. The van der Waals surface area contributed by atoms with E-state index < -0.39 is 11.4 Å². The summed E-state index contributed by atoms with van der Waals surface area (Å²) in [5, 5.41) is 9.41. The maximum Gasteiger partial charge on any atom is 0.309 e. The van der Waals surface area contributed by atoms with Gasteiger partial charge in [0.2, 0.25) is 5.91 Å². The summed E-state index contributed by atoms with van der Waals surface area (Å²) in [7, 11) is 0. The van der Waals surface area contributed by atoms with Gasteiger partial charge in [0.05, 0.1) is 5.41 Å². The SMILES string of the molecule is CC1(C(=O)N2CCCC(C(C)(C)C(=O)O)C2)CCCCC1. The van der Waals surface area contributed by atoms with Crippen molar-refractivity contribution < 1.29 is 14.7 Å². The van der Waals surface area contributed by atoms with E-state index in [0.29, 0.717) is 6.54 Å². The third-order valence-electron chi connectivity index (χ3n) is 5.75. The second-order valence-electron chi connectivity index (χ2n) is 7.74. The van der Waals surface area contributed by atoms with E-state index in [9.17, 15) is 14.7 Å². The molecule has 1 aliphatic heterocycles. The number of amides is 1. The molecule has 0 aromatic rings. The van der Waals surface area contributed by atoms with Crippen LogP contribution in [0.4, 0.5) is 0 Å². The van der Waals surface area contributed by atoms with Gasteiger partial charge < -0.3 is 10.0 Å². The van der Waals surface area contributed by atoms with E-state index in [2.05, 4.69) is 6.92 Å². The number of hydrogen-bond acceptors (Lipinski definition) is 2. The first kappa shape index (κ1) is 16.3. The highest BCUT2D eigenvalue weighted by Gasteiger charge is 2.43. The van der Waals surface area contributed by atoms with Crippen LogP contribution in [0.25, 0.3) is 0 Å². The van der Waals surface area contributed by atoms with Crippen molar-refractivity contribution in [3.8, 4) is 0 Å². The van der Waals surface area contributed by atoms with Crippen LogP contribution in [0, 0.1) is 16.7 Å². The lowest BCUT2D eigenvalue weighted by Gasteiger charge is -2.43. The summed E-state index contributed by atoms with van der Waals surface area (Å²) >= 11 is 0. The summed E-state index contributed by atoms with van der Waals surface area (Å²) in [4.78, 5) is 26.3. The predicted octanol–water partition coefficient (Wildman–Crippen LogP) is 3.31. The zero-order valence-electron chi connectivity index (χ0n) is 13.7. The van der Waals surface area contributed by atoms with Crippen molar-refractivity contribution in [2.24, 2.45) is 16.7 Å². The van der Waals surface area contributed by atoms with E-state index in [1.54, 1.807) is 13.8 Å². The molecule has 1 unspecified atom stereocenters. The molecule has 1 aliphatic carbocycles. The van der Waals surface area contributed by atoms with Crippen LogP contribution in [-0.4, -0.2) is 35.0 Å². The minimum absolute atomic E-state index is 0.0555. The number of piperidine rings is 1. The number of carboxylic acid groups (broad SMARTS) is 1. The largest absolute Gasteiger partial charge is 0.481 e. The Bertz CT molecular complexity index is 410. The van der Waals surface area contributed by atoms with E-state index in [1.807, 2.05) is 4.90 Å². The lowest BCUT2D eigenvalue weighted by molar-refractivity contribution is -0.155. The smallest absolute Gasteiger partial charge is 0.309 e. The van der Waals surface area contributed by atoms with E-state index in [0.717, 1.165) is 45.1 Å². The van der Waals surface area contributed by atoms with Crippen molar-refractivity contribution in [3.63, 3.8) is 0 Å². The molecule has 0 bridgehead atoms. The number of carboxylic acids is 1. The monoisotopic (exact) mass is 295 g/mol. The van der Waals surface area contributed by atoms with Gasteiger partial charge in [-0.3, -0.25) is 9.59 Å². The molecule has 1 amide bonds. The first-order valence-electron chi connectivity index (χ1n) is 8.30. The zero-order chi connectivity index (χ0) is 15.7. The van der Waals surface area contributed by atoms with E-state index >= 15 is 0 Å². The van der Waals surface area contributed by atoms with Crippen molar-refractivity contribution in [1.29, 1.82) is 0 Å². The Balaban J connectivity index is 2.07. The van der Waals surface area contributed by atoms with Gasteiger partial charge in [0.1, 0.15) is 0 Å². The predicted molar refractivity (Wildman–Crippen MR) is 81.9 cm³/mol. The summed E-state index contributed by atoms with van der Waals surface area (Å²) in [6, 6.07) is 0. The maximum absolute atomic E-state index is 12.9. The van der Waals surface area contributed by atoms with Crippen molar-refractivity contribution in [3.05, 3.63) is 0 Å². The lowest BCUT2D eigenvalue weighted by atomic mass is 9.72. The number of carbonyl (C=O) groups excluding carboxylic acids is 1. The van der Waals surface area contributed by atoms with Crippen LogP contribution in [0.15, 0.2) is 0 Å². The van der Waals surface area contributed by atoms with E-state index in [1.165, 1.54) is 6.42 Å². The average Bonchev–Trinajstić information content (AvgIpc) is 2.47. The zero-order valence-corrected chi connectivity index (χ0v) is 13.7. The molecule has 120 valence electrons. The summed E-state index contributed by atoms with van der Waals surface area (Å²) in [5.74, 6) is -0.446. The van der Waals surface area contributed by atoms with Gasteiger partial charge in [-0.1, -0.05) is 26.2 Å². The Morgan fingerprint density at radius 3 is 2.33 bits per heavy atom.